The standard InChI is InChI=1S/C13H14N2O2S/c1-15(2)12(16)9-18-13-14-8-11(17-13)10-6-4-3-5-7-10/h3-8H,9H2,1-2H3. The van der Waals surface area contributed by atoms with Crippen molar-refractivity contribution in [3.63, 3.8) is 0 Å². The molecule has 1 heterocycles. The predicted octanol–water partition coefficient (Wildman–Crippen LogP) is 2.52. The Bertz CT molecular complexity index is 523. The Kier molecular flexibility index (Phi) is 4.04. The van der Waals surface area contributed by atoms with Crippen LogP contribution in [-0.4, -0.2) is 35.6 Å². The highest BCUT2D eigenvalue weighted by molar-refractivity contribution is 7.99. The van der Waals surface area contributed by atoms with Gasteiger partial charge in [0.15, 0.2) is 5.76 Å². The number of amides is 1. The number of hydrogen-bond donors (Lipinski definition) is 0. The summed E-state index contributed by atoms with van der Waals surface area (Å²) in [6, 6.07) is 9.76. The van der Waals surface area contributed by atoms with E-state index in [0.29, 0.717) is 11.0 Å². The molecule has 0 N–H and O–H groups in total. The molecule has 0 saturated heterocycles. The molecular weight excluding hydrogens is 248 g/mol. The van der Waals surface area contributed by atoms with E-state index in [2.05, 4.69) is 4.98 Å². The maximum atomic E-state index is 11.4. The first-order valence-electron chi connectivity index (χ1n) is 5.51. The lowest BCUT2D eigenvalue weighted by molar-refractivity contribution is -0.125. The van der Waals surface area contributed by atoms with Crippen LogP contribution in [0.2, 0.25) is 0 Å². The third-order valence-corrected chi connectivity index (χ3v) is 3.19. The first kappa shape index (κ1) is 12.7. The Morgan fingerprint density at radius 1 is 1.33 bits per heavy atom. The van der Waals surface area contributed by atoms with Crippen molar-refractivity contribution in [1.82, 2.24) is 9.88 Å². The number of benzene rings is 1. The quantitative estimate of drug-likeness (QED) is 0.794. The summed E-state index contributed by atoms with van der Waals surface area (Å²) in [5.41, 5.74) is 0.982. The minimum atomic E-state index is 0.0412. The van der Waals surface area contributed by atoms with E-state index in [1.807, 2.05) is 30.3 Å². The molecule has 5 heteroatoms. The molecule has 1 aromatic heterocycles. The molecule has 18 heavy (non-hydrogen) atoms. The van der Waals surface area contributed by atoms with Gasteiger partial charge in [-0.2, -0.15) is 0 Å². The van der Waals surface area contributed by atoms with Crippen molar-refractivity contribution in [3.05, 3.63) is 36.5 Å². The molecule has 1 aromatic carbocycles. The van der Waals surface area contributed by atoms with Gasteiger partial charge >= 0.3 is 0 Å². The average Bonchev–Trinajstić information content (AvgIpc) is 2.85. The van der Waals surface area contributed by atoms with Gasteiger partial charge in [-0.25, -0.2) is 4.98 Å². The van der Waals surface area contributed by atoms with E-state index in [-0.39, 0.29) is 5.91 Å². The molecule has 0 saturated carbocycles. The third kappa shape index (κ3) is 3.13. The third-order valence-electron chi connectivity index (χ3n) is 2.36. The number of hydrogen-bond acceptors (Lipinski definition) is 4. The minimum absolute atomic E-state index is 0.0412. The van der Waals surface area contributed by atoms with E-state index in [0.717, 1.165) is 11.3 Å². The summed E-state index contributed by atoms with van der Waals surface area (Å²) in [4.78, 5) is 17.1. The molecule has 0 aliphatic rings. The van der Waals surface area contributed by atoms with Gasteiger partial charge in [0, 0.05) is 19.7 Å². The second-order valence-electron chi connectivity index (χ2n) is 3.93. The molecule has 0 aliphatic heterocycles. The normalized spacial score (nSPS) is 10.3. The first-order valence-corrected chi connectivity index (χ1v) is 6.49. The number of oxazole rings is 1. The largest absolute Gasteiger partial charge is 0.431 e. The van der Waals surface area contributed by atoms with E-state index < -0.39 is 0 Å². The van der Waals surface area contributed by atoms with Gasteiger partial charge in [0.2, 0.25) is 5.91 Å². The van der Waals surface area contributed by atoms with Crippen molar-refractivity contribution in [1.29, 1.82) is 0 Å². The first-order chi connectivity index (χ1) is 8.66. The lowest BCUT2D eigenvalue weighted by atomic mass is 10.2. The molecule has 4 nitrogen and oxygen atoms in total. The fraction of sp³-hybridized carbons (Fsp3) is 0.231. The zero-order valence-electron chi connectivity index (χ0n) is 10.3. The topological polar surface area (TPSA) is 46.3 Å². The molecule has 0 radical (unpaired) electrons. The minimum Gasteiger partial charge on any atom is -0.431 e. The van der Waals surface area contributed by atoms with Gasteiger partial charge in [-0.1, -0.05) is 42.1 Å². The number of aromatic nitrogens is 1. The van der Waals surface area contributed by atoms with E-state index in [4.69, 9.17) is 4.42 Å². The van der Waals surface area contributed by atoms with Crippen LogP contribution in [-0.2, 0) is 4.79 Å². The second kappa shape index (κ2) is 5.73. The molecular formula is C13H14N2O2S. The molecule has 0 unspecified atom stereocenters. The van der Waals surface area contributed by atoms with Gasteiger partial charge in [0.25, 0.3) is 5.22 Å². The Hall–Kier alpha value is -1.75. The van der Waals surface area contributed by atoms with Crippen molar-refractivity contribution in [2.24, 2.45) is 0 Å². The molecule has 1 amide bonds. The maximum Gasteiger partial charge on any atom is 0.256 e. The van der Waals surface area contributed by atoms with Crippen LogP contribution >= 0.6 is 11.8 Å². The van der Waals surface area contributed by atoms with E-state index in [1.165, 1.54) is 11.8 Å². The number of nitrogens with zero attached hydrogens (tertiary/aromatic N) is 2. The smallest absolute Gasteiger partial charge is 0.256 e. The fourth-order valence-corrected chi connectivity index (χ4v) is 2.09. The Morgan fingerprint density at radius 3 is 2.72 bits per heavy atom. The van der Waals surface area contributed by atoms with Gasteiger partial charge in [-0.3, -0.25) is 4.79 Å². The molecule has 0 bridgehead atoms. The molecule has 2 aromatic rings. The highest BCUT2D eigenvalue weighted by atomic mass is 32.2. The molecule has 0 fully saturated rings. The van der Waals surface area contributed by atoms with Crippen molar-refractivity contribution >= 4 is 17.7 Å². The summed E-state index contributed by atoms with van der Waals surface area (Å²) in [6.45, 7) is 0. The van der Waals surface area contributed by atoms with Crippen molar-refractivity contribution in [2.45, 2.75) is 5.22 Å². The van der Waals surface area contributed by atoms with Gasteiger partial charge < -0.3 is 9.32 Å². The lowest BCUT2D eigenvalue weighted by Gasteiger charge is -2.07. The summed E-state index contributed by atoms with van der Waals surface area (Å²) in [7, 11) is 3.46. The number of rotatable bonds is 4. The van der Waals surface area contributed by atoms with Crippen molar-refractivity contribution < 1.29 is 9.21 Å². The van der Waals surface area contributed by atoms with Crippen LogP contribution in [0.4, 0.5) is 0 Å². The summed E-state index contributed by atoms with van der Waals surface area (Å²) < 4.78 is 5.58. The molecule has 2 rings (SSSR count). The van der Waals surface area contributed by atoms with Gasteiger partial charge in [0.05, 0.1) is 11.9 Å². The van der Waals surface area contributed by atoms with E-state index >= 15 is 0 Å². The van der Waals surface area contributed by atoms with Crippen LogP contribution in [0.5, 0.6) is 0 Å². The Balaban J connectivity index is 2.01. The van der Waals surface area contributed by atoms with E-state index in [1.54, 1.807) is 25.2 Å². The fourth-order valence-electron chi connectivity index (χ4n) is 1.31. The maximum absolute atomic E-state index is 11.4. The summed E-state index contributed by atoms with van der Waals surface area (Å²) in [5, 5.41) is 0.518. The van der Waals surface area contributed by atoms with Crippen LogP contribution in [0, 0.1) is 0 Å². The number of thioether (sulfide) groups is 1. The lowest BCUT2D eigenvalue weighted by Crippen LogP contribution is -2.23. The van der Waals surface area contributed by atoms with E-state index in [9.17, 15) is 4.79 Å². The number of carbonyl (C=O) groups is 1. The molecule has 0 spiro atoms. The summed E-state index contributed by atoms with van der Waals surface area (Å²) in [6.07, 6.45) is 1.68. The molecule has 94 valence electrons. The Morgan fingerprint density at radius 2 is 2.06 bits per heavy atom. The highest BCUT2D eigenvalue weighted by Crippen LogP contribution is 2.25. The van der Waals surface area contributed by atoms with Crippen LogP contribution in [0.3, 0.4) is 0 Å². The summed E-state index contributed by atoms with van der Waals surface area (Å²) >= 11 is 1.30. The van der Waals surface area contributed by atoms with Crippen LogP contribution in [0.15, 0.2) is 46.2 Å². The zero-order valence-corrected chi connectivity index (χ0v) is 11.1. The number of carbonyl (C=O) groups excluding carboxylic acids is 1. The van der Waals surface area contributed by atoms with Crippen molar-refractivity contribution in [3.8, 4) is 11.3 Å². The second-order valence-corrected chi connectivity index (χ2v) is 4.86. The predicted molar refractivity (Wildman–Crippen MR) is 71.4 cm³/mol. The van der Waals surface area contributed by atoms with Crippen LogP contribution in [0.1, 0.15) is 0 Å². The van der Waals surface area contributed by atoms with Gasteiger partial charge in [-0.15, -0.1) is 0 Å². The van der Waals surface area contributed by atoms with Gasteiger partial charge in [0.1, 0.15) is 0 Å². The molecule has 0 atom stereocenters. The van der Waals surface area contributed by atoms with Crippen molar-refractivity contribution in [2.75, 3.05) is 19.8 Å². The average molecular weight is 262 g/mol. The van der Waals surface area contributed by atoms with Crippen LogP contribution in [0.25, 0.3) is 11.3 Å². The monoisotopic (exact) mass is 262 g/mol. The SMILES string of the molecule is CN(C)C(=O)CSc1ncc(-c2ccccc2)o1. The zero-order chi connectivity index (χ0) is 13.0. The highest BCUT2D eigenvalue weighted by Gasteiger charge is 2.10. The van der Waals surface area contributed by atoms with Crippen LogP contribution < -0.4 is 0 Å². The Labute approximate surface area is 110 Å². The molecule has 0 aliphatic carbocycles. The van der Waals surface area contributed by atoms with Gasteiger partial charge in [-0.05, 0) is 0 Å². The summed E-state index contributed by atoms with van der Waals surface area (Å²) in [5.74, 6) is 1.09.